The molecule has 2 aromatic carbocycles. The van der Waals surface area contributed by atoms with Gasteiger partial charge in [0.2, 0.25) is 5.13 Å². The third-order valence-corrected chi connectivity index (χ3v) is 6.34. The predicted octanol–water partition coefficient (Wildman–Crippen LogP) is 4.52. The number of nitrogens with zero attached hydrogens (tertiary/aromatic N) is 4. The molecule has 0 bridgehead atoms. The standard InChI is InChI=1S/C22H22N4OS/c1-15-9-10-17-19(13-15)28-22(23-17)24-20-16-7-3-4-8-18(16)26(21(20)27)14-25-11-5-2-6-12-25/h3-4,7-10,13H,2,5-6,11-12,14H2,1H3/b24-20-. The Morgan fingerprint density at radius 2 is 1.93 bits per heavy atom. The fraction of sp³-hybridized carbons (Fsp3) is 0.318. The molecule has 1 fully saturated rings. The number of likely N-dealkylation sites (tertiary alicyclic amines) is 1. The highest BCUT2D eigenvalue weighted by Crippen LogP contribution is 2.34. The molecule has 28 heavy (non-hydrogen) atoms. The van der Waals surface area contributed by atoms with E-state index in [1.165, 1.54) is 36.2 Å². The number of aliphatic imine (C=N–C) groups is 1. The zero-order chi connectivity index (χ0) is 19.1. The van der Waals surface area contributed by atoms with Crippen LogP contribution in [0, 0.1) is 6.92 Å². The Kier molecular flexibility index (Phi) is 4.45. The van der Waals surface area contributed by atoms with Crippen LogP contribution in [0.15, 0.2) is 47.5 Å². The Morgan fingerprint density at radius 3 is 2.79 bits per heavy atom. The lowest BCUT2D eigenvalue weighted by Gasteiger charge is -2.30. The summed E-state index contributed by atoms with van der Waals surface area (Å²) in [7, 11) is 0. The van der Waals surface area contributed by atoms with E-state index in [9.17, 15) is 4.79 Å². The molecule has 5 rings (SSSR count). The summed E-state index contributed by atoms with van der Waals surface area (Å²) in [5, 5.41) is 0.638. The summed E-state index contributed by atoms with van der Waals surface area (Å²) in [6.07, 6.45) is 3.69. The summed E-state index contributed by atoms with van der Waals surface area (Å²) in [4.78, 5) is 26.8. The van der Waals surface area contributed by atoms with Crippen LogP contribution in [-0.4, -0.2) is 41.3 Å². The average Bonchev–Trinajstić information content (AvgIpc) is 3.23. The monoisotopic (exact) mass is 390 g/mol. The van der Waals surface area contributed by atoms with Gasteiger partial charge in [-0.15, -0.1) is 0 Å². The van der Waals surface area contributed by atoms with E-state index in [1.807, 2.05) is 35.2 Å². The molecule has 0 spiro atoms. The van der Waals surface area contributed by atoms with Crippen molar-refractivity contribution in [3.8, 4) is 0 Å². The fourth-order valence-corrected chi connectivity index (χ4v) is 4.91. The summed E-state index contributed by atoms with van der Waals surface area (Å²) >= 11 is 1.53. The minimum absolute atomic E-state index is 0.0257. The average molecular weight is 391 g/mol. The van der Waals surface area contributed by atoms with Crippen LogP contribution >= 0.6 is 11.3 Å². The lowest BCUT2D eigenvalue weighted by molar-refractivity contribution is -0.112. The van der Waals surface area contributed by atoms with E-state index in [-0.39, 0.29) is 5.91 Å². The van der Waals surface area contributed by atoms with E-state index >= 15 is 0 Å². The van der Waals surface area contributed by atoms with Gasteiger partial charge >= 0.3 is 0 Å². The summed E-state index contributed by atoms with van der Waals surface area (Å²) in [6, 6.07) is 14.1. The molecular formula is C22H22N4OS. The smallest absolute Gasteiger partial charge is 0.278 e. The van der Waals surface area contributed by atoms with Crippen LogP contribution in [0.5, 0.6) is 0 Å². The molecule has 0 saturated carbocycles. The number of para-hydroxylation sites is 1. The summed E-state index contributed by atoms with van der Waals surface area (Å²) < 4.78 is 1.10. The predicted molar refractivity (Wildman–Crippen MR) is 115 cm³/mol. The summed E-state index contributed by atoms with van der Waals surface area (Å²) in [5.74, 6) is -0.0257. The Bertz CT molecular complexity index is 1080. The van der Waals surface area contributed by atoms with Gasteiger partial charge in [-0.3, -0.25) is 14.6 Å². The first-order chi connectivity index (χ1) is 13.7. The molecule has 1 amide bonds. The van der Waals surface area contributed by atoms with Gasteiger partial charge in [0.05, 0.1) is 22.6 Å². The van der Waals surface area contributed by atoms with Gasteiger partial charge < -0.3 is 0 Å². The Hall–Kier alpha value is -2.57. The second kappa shape index (κ2) is 7.11. The highest BCUT2D eigenvalue weighted by atomic mass is 32.1. The maximum atomic E-state index is 13.3. The number of aryl methyl sites for hydroxylation is 1. The van der Waals surface area contributed by atoms with Crippen molar-refractivity contribution in [3.05, 3.63) is 53.6 Å². The molecule has 3 aromatic rings. The molecule has 1 saturated heterocycles. The minimum atomic E-state index is -0.0257. The van der Waals surface area contributed by atoms with E-state index in [4.69, 9.17) is 4.99 Å². The van der Waals surface area contributed by atoms with Crippen molar-refractivity contribution < 1.29 is 4.79 Å². The topological polar surface area (TPSA) is 48.8 Å². The Labute approximate surface area is 168 Å². The number of amides is 1. The molecule has 2 aliphatic rings. The van der Waals surface area contributed by atoms with Crippen molar-refractivity contribution in [2.75, 3.05) is 24.7 Å². The first kappa shape index (κ1) is 17.5. The molecule has 0 radical (unpaired) electrons. The van der Waals surface area contributed by atoms with Crippen LogP contribution < -0.4 is 4.90 Å². The molecule has 0 atom stereocenters. The number of hydrogen-bond donors (Lipinski definition) is 0. The van der Waals surface area contributed by atoms with Gasteiger partial charge in [-0.1, -0.05) is 42.0 Å². The van der Waals surface area contributed by atoms with Crippen molar-refractivity contribution in [2.45, 2.75) is 26.2 Å². The second-order valence-corrected chi connectivity index (χ2v) is 8.51. The zero-order valence-electron chi connectivity index (χ0n) is 15.9. The molecule has 6 heteroatoms. The quantitative estimate of drug-likeness (QED) is 0.661. The summed E-state index contributed by atoms with van der Waals surface area (Å²) in [5.41, 5.74) is 4.49. The van der Waals surface area contributed by atoms with Crippen molar-refractivity contribution in [2.24, 2.45) is 4.99 Å². The molecule has 0 unspecified atom stereocenters. The number of fused-ring (bicyclic) bond motifs is 2. The van der Waals surface area contributed by atoms with Crippen LogP contribution in [0.25, 0.3) is 10.2 Å². The van der Waals surface area contributed by atoms with Crippen LogP contribution in [0.4, 0.5) is 10.8 Å². The number of piperidine rings is 1. The first-order valence-electron chi connectivity index (χ1n) is 9.78. The number of hydrogen-bond acceptors (Lipinski definition) is 5. The molecule has 3 heterocycles. The Morgan fingerprint density at radius 1 is 1.11 bits per heavy atom. The SMILES string of the molecule is Cc1ccc2nc(/N=C3\C(=O)N(CN4CCCCC4)c4ccccc43)sc2c1. The minimum Gasteiger partial charge on any atom is -0.293 e. The maximum absolute atomic E-state index is 13.3. The zero-order valence-corrected chi connectivity index (χ0v) is 16.7. The fourth-order valence-electron chi connectivity index (χ4n) is 3.97. The van der Waals surface area contributed by atoms with Gasteiger partial charge in [0, 0.05) is 5.56 Å². The molecule has 142 valence electrons. The van der Waals surface area contributed by atoms with Gasteiger partial charge in [-0.05, 0) is 56.6 Å². The summed E-state index contributed by atoms with van der Waals surface area (Å²) in [6.45, 7) is 4.80. The number of carbonyl (C=O) groups excluding carboxylic acids is 1. The number of benzene rings is 2. The number of aromatic nitrogens is 1. The van der Waals surface area contributed by atoms with Crippen LogP contribution in [0.1, 0.15) is 30.4 Å². The number of anilines is 1. The van der Waals surface area contributed by atoms with E-state index in [0.29, 0.717) is 17.5 Å². The second-order valence-electron chi connectivity index (χ2n) is 7.50. The lowest BCUT2D eigenvalue weighted by atomic mass is 10.1. The molecule has 5 nitrogen and oxygen atoms in total. The van der Waals surface area contributed by atoms with Crippen molar-refractivity contribution in [3.63, 3.8) is 0 Å². The number of carbonyl (C=O) groups is 1. The molecule has 2 aliphatic heterocycles. The van der Waals surface area contributed by atoms with Gasteiger partial charge in [-0.25, -0.2) is 9.98 Å². The Balaban J connectivity index is 1.51. The largest absolute Gasteiger partial charge is 0.293 e. The van der Waals surface area contributed by atoms with Crippen LogP contribution in [-0.2, 0) is 4.79 Å². The van der Waals surface area contributed by atoms with E-state index in [1.54, 1.807) is 0 Å². The van der Waals surface area contributed by atoms with Crippen molar-refractivity contribution in [1.82, 2.24) is 9.88 Å². The third kappa shape index (κ3) is 3.12. The lowest BCUT2D eigenvalue weighted by Crippen LogP contribution is -2.43. The highest BCUT2D eigenvalue weighted by molar-refractivity contribution is 7.22. The third-order valence-electron chi connectivity index (χ3n) is 5.43. The van der Waals surface area contributed by atoms with E-state index < -0.39 is 0 Å². The highest BCUT2D eigenvalue weighted by Gasteiger charge is 2.35. The molecule has 0 N–H and O–H groups in total. The number of rotatable bonds is 3. The van der Waals surface area contributed by atoms with Crippen molar-refractivity contribution in [1.29, 1.82) is 0 Å². The van der Waals surface area contributed by atoms with Gasteiger partial charge in [0.1, 0.15) is 5.71 Å². The van der Waals surface area contributed by atoms with Crippen LogP contribution in [0.2, 0.25) is 0 Å². The van der Waals surface area contributed by atoms with Gasteiger partial charge in [0.15, 0.2) is 0 Å². The number of thiazole rings is 1. The van der Waals surface area contributed by atoms with Gasteiger partial charge in [-0.2, -0.15) is 0 Å². The molecular weight excluding hydrogens is 368 g/mol. The van der Waals surface area contributed by atoms with E-state index in [0.717, 1.165) is 34.6 Å². The van der Waals surface area contributed by atoms with Crippen molar-refractivity contribution >= 4 is 44.0 Å². The van der Waals surface area contributed by atoms with Gasteiger partial charge in [0.25, 0.3) is 5.91 Å². The maximum Gasteiger partial charge on any atom is 0.278 e. The van der Waals surface area contributed by atoms with Crippen LogP contribution in [0.3, 0.4) is 0 Å². The first-order valence-corrected chi connectivity index (χ1v) is 10.6. The molecule has 1 aromatic heterocycles. The molecule has 0 aliphatic carbocycles. The van der Waals surface area contributed by atoms with E-state index in [2.05, 4.69) is 28.9 Å². The normalized spacial score (nSPS) is 19.0.